The van der Waals surface area contributed by atoms with Gasteiger partial charge in [0.1, 0.15) is 0 Å². The fourth-order valence-corrected chi connectivity index (χ4v) is 3.37. The van der Waals surface area contributed by atoms with Crippen molar-refractivity contribution in [1.82, 2.24) is 5.32 Å². The molecule has 1 saturated heterocycles. The summed E-state index contributed by atoms with van der Waals surface area (Å²) in [5.74, 6) is 0. The van der Waals surface area contributed by atoms with E-state index in [1.807, 2.05) is 6.92 Å². The van der Waals surface area contributed by atoms with Crippen molar-refractivity contribution in [2.45, 2.75) is 76.5 Å². The lowest BCUT2D eigenvalue weighted by atomic mass is 9.98. The highest BCUT2D eigenvalue weighted by Crippen LogP contribution is 2.39. The van der Waals surface area contributed by atoms with Gasteiger partial charge in [0.15, 0.2) is 20.8 Å². The normalized spacial score (nSPS) is 37.4. The lowest BCUT2D eigenvalue weighted by molar-refractivity contribution is -0.231. The van der Waals surface area contributed by atoms with E-state index in [1.54, 1.807) is 7.05 Å². The van der Waals surface area contributed by atoms with E-state index < -0.39 is 26.9 Å². The number of halogens is 1. The largest absolute Gasteiger partial charge is 0.409 e. The zero-order valence-corrected chi connectivity index (χ0v) is 14.0. The maximum absolute atomic E-state index is 14.3. The minimum absolute atomic E-state index is 0.00247. The van der Waals surface area contributed by atoms with Gasteiger partial charge in [-0.25, -0.2) is 4.39 Å². The van der Waals surface area contributed by atoms with Crippen molar-refractivity contribution < 1.29 is 18.7 Å². The average Bonchev–Trinajstić information content (AvgIpc) is 2.24. The summed E-state index contributed by atoms with van der Waals surface area (Å²) in [5, 5.41) is 12.7. The van der Waals surface area contributed by atoms with Gasteiger partial charge in [0.25, 0.3) is 0 Å². The number of aliphatic hydroxyl groups is 1. The van der Waals surface area contributed by atoms with Gasteiger partial charge in [0.05, 0.1) is 18.2 Å². The first kappa shape index (κ1) is 17.0. The van der Waals surface area contributed by atoms with Crippen molar-refractivity contribution >= 4 is 8.32 Å². The Hall–Kier alpha value is -0.0131. The summed E-state index contributed by atoms with van der Waals surface area (Å²) in [7, 11) is -0.337. The van der Waals surface area contributed by atoms with Gasteiger partial charge >= 0.3 is 0 Å². The number of nitrogens with one attached hydrogen (secondary N) is 1. The maximum Gasteiger partial charge on any atom is 0.192 e. The molecule has 19 heavy (non-hydrogen) atoms. The number of aliphatic hydroxyl groups excluding tert-OH is 1. The van der Waals surface area contributed by atoms with Crippen LogP contribution < -0.4 is 5.32 Å². The quantitative estimate of drug-likeness (QED) is 0.782. The molecule has 0 aromatic rings. The van der Waals surface area contributed by atoms with E-state index in [9.17, 15) is 9.50 Å². The monoisotopic (exact) mass is 293 g/mol. The third kappa shape index (κ3) is 3.55. The van der Waals surface area contributed by atoms with Crippen LogP contribution in [0.1, 0.15) is 27.7 Å². The predicted molar refractivity (Wildman–Crippen MR) is 76.4 cm³/mol. The predicted octanol–water partition coefficient (Wildman–Crippen LogP) is 2.04. The van der Waals surface area contributed by atoms with Crippen molar-refractivity contribution in [2.75, 3.05) is 7.05 Å². The molecule has 1 heterocycles. The SMILES string of the molecule is CNC1C(C)OC(O)C(F)C1O[Si](C)(C)C(C)(C)C. The summed E-state index contributed by atoms with van der Waals surface area (Å²) < 4.78 is 25.6. The van der Waals surface area contributed by atoms with Crippen molar-refractivity contribution in [1.29, 1.82) is 0 Å². The Morgan fingerprint density at radius 1 is 1.32 bits per heavy atom. The summed E-state index contributed by atoms with van der Waals surface area (Å²) in [6, 6.07) is -0.257. The van der Waals surface area contributed by atoms with Crippen LogP contribution in [0, 0.1) is 0 Å². The molecule has 0 aromatic carbocycles. The van der Waals surface area contributed by atoms with Gasteiger partial charge < -0.3 is 19.6 Å². The van der Waals surface area contributed by atoms with Crippen LogP contribution in [0.4, 0.5) is 4.39 Å². The Kier molecular flexibility index (Phi) is 5.18. The Balaban J connectivity index is 2.94. The van der Waals surface area contributed by atoms with Crippen LogP contribution in [0.25, 0.3) is 0 Å². The van der Waals surface area contributed by atoms with Gasteiger partial charge in [-0.2, -0.15) is 0 Å². The average molecular weight is 293 g/mol. The third-order valence-electron chi connectivity index (χ3n) is 4.37. The number of rotatable bonds is 3. The molecule has 5 atom stereocenters. The fraction of sp³-hybridized carbons (Fsp3) is 1.00. The number of hydrogen-bond acceptors (Lipinski definition) is 4. The molecular weight excluding hydrogens is 265 g/mol. The van der Waals surface area contributed by atoms with Crippen LogP contribution in [0.15, 0.2) is 0 Å². The third-order valence-corrected chi connectivity index (χ3v) is 8.84. The second kappa shape index (κ2) is 5.77. The second-order valence-corrected chi connectivity index (χ2v) is 11.6. The molecule has 114 valence electrons. The minimum atomic E-state index is -2.10. The van der Waals surface area contributed by atoms with Crippen molar-refractivity contribution in [2.24, 2.45) is 0 Å². The first-order valence-electron chi connectivity index (χ1n) is 6.84. The molecule has 0 radical (unpaired) electrons. The van der Waals surface area contributed by atoms with E-state index in [0.29, 0.717) is 0 Å². The zero-order chi connectivity index (χ0) is 15.0. The topological polar surface area (TPSA) is 50.7 Å². The molecule has 0 saturated carbocycles. The summed E-state index contributed by atoms with van der Waals surface area (Å²) in [6.07, 6.45) is -3.90. The van der Waals surface area contributed by atoms with E-state index in [2.05, 4.69) is 39.2 Å². The van der Waals surface area contributed by atoms with Crippen molar-refractivity contribution in [3.05, 3.63) is 0 Å². The maximum atomic E-state index is 14.3. The summed E-state index contributed by atoms with van der Waals surface area (Å²) in [5.41, 5.74) is 0. The molecule has 1 rings (SSSR count). The zero-order valence-electron chi connectivity index (χ0n) is 13.0. The number of hydrogen-bond donors (Lipinski definition) is 2. The van der Waals surface area contributed by atoms with Crippen LogP contribution in [0.5, 0.6) is 0 Å². The Morgan fingerprint density at radius 2 is 1.84 bits per heavy atom. The second-order valence-electron chi connectivity index (χ2n) is 6.83. The van der Waals surface area contributed by atoms with Gasteiger partial charge in [-0.3, -0.25) is 0 Å². The lowest BCUT2D eigenvalue weighted by Gasteiger charge is -2.46. The molecule has 4 nitrogen and oxygen atoms in total. The van der Waals surface area contributed by atoms with Crippen LogP contribution >= 0.6 is 0 Å². The van der Waals surface area contributed by atoms with Crippen molar-refractivity contribution in [3.8, 4) is 0 Å². The van der Waals surface area contributed by atoms with Crippen LogP contribution in [0.3, 0.4) is 0 Å². The van der Waals surface area contributed by atoms with Gasteiger partial charge in [0.2, 0.25) is 0 Å². The van der Waals surface area contributed by atoms with E-state index in [0.717, 1.165) is 0 Å². The number of alkyl halides is 1. The smallest absolute Gasteiger partial charge is 0.192 e. The summed E-state index contributed by atoms with van der Waals surface area (Å²) >= 11 is 0. The summed E-state index contributed by atoms with van der Waals surface area (Å²) in [4.78, 5) is 0. The van der Waals surface area contributed by atoms with E-state index >= 15 is 0 Å². The Morgan fingerprint density at radius 3 is 2.26 bits per heavy atom. The molecule has 1 aliphatic heterocycles. The first-order chi connectivity index (χ1) is 8.51. The van der Waals surface area contributed by atoms with Gasteiger partial charge in [-0.1, -0.05) is 20.8 Å². The molecule has 1 aliphatic rings. The molecule has 0 amide bonds. The Labute approximate surface area is 116 Å². The molecule has 6 heteroatoms. The van der Waals surface area contributed by atoms with E-state index in [-0.39, 0.29) is 17.2 Å². The van der Waals surface area contributed by atoms with Crippen LogP contribution in [0.2, 0.25) is 18.1 Å². The summed E-state index contributed by atoms with van der Waals surface area (Å²) in [6.45, 7) is 12.3. The highest BCUT2D eigenvalue weighted by molar-refractivity contribution is 6.74. The molecule has 1 fully saturated rings. The Bertz CT molecular complexity index is 309. The number of ether oxygens (including phenoxy) is 1. The number of likely N-dealkylation sites (N-methyl/N-ethyl adjacent to an activating group) is 1. The molecule has 0 bridgehead atoms. The van der Waals surface area contributed by atoms with E-state index in [1.165, 1.54) is 0 Å². The highest BCUT2D eigenvalue weighted by Gasteiger charge is 2.49. The molecule has 2 N–H and O–H groups in total. The highest BCUT2D eigenvalue weighted by atomic mass is 28.4. The molecule has 0 aromatic heterocycles. The van der Waals surface area contributed by atoms with Crippen molar-refractivity contribution in [3.63, 3.8) is 0 Å². The van der Waals surface area contributed by atoms with Crippen LogP contribution in [-0.2, 0) is 9.16 Å². The van der Waals surface area contributed by atoms with E-state index in [4.69, 9.17) is 9.16 Å². The molecule has 0 aliphatic carbocycles. The molecule has 5 unspecified atom stereocenters. The fourth-order valence-electron chi connectivity index (χ4n) is 2.06. The first-order valence-corrected chi connectivity index (χ1v) is 9.75. The van der Waals surface area contributed by atoms with Gasteiger partial charge in [-0.05, 0) is 32.1 Å². The molecular formula is C13H28FNO3Si. The lowest BCUT2D eigenvalue weighted by Crippen LogP contribution is -2.63. The van der Waals surface area contributed by atoms with Crippen LogP contribution in [-0.4, -0.2) is 51.2 Å². The van der Waals surface area contributed by atoms with Gasteiger partial charge in [-0.15, -0.1) is 0 Å². The standard InChI is InChI=1S/C13H28FNO3Si/c1-8-10(15-5)11(9(14)12(16)17-8)18-19(6,7)13(2,3)4/h8-12,15-16H,1-7H3. The minimum Gasteiger partial charge on any atom is -0.409 e. The molecule has 0 spiro atoms. The van der Waals surface area contributed by atoms with Gasteiger partial charge in [0, 0.05) is 0 Å².